The van der Waals surface area contributed by atoms with E-state index in [2.05, 4.69) is 15.5 Å². The molecule has 0 saturated carbocycles. The van der Waals surface area contributed by atoms with Crippen LogP contribution < -0.4 is 5.32 Å². The van der Waals surface area contributed by atoms with Crippen molar-refractivity contribution in [1.82, 2.24) is 10.2 Å². The van der Waals surface area contributed by atoms with E-state index in [0.29, 0.717) is 19.0 Å². The molecule has 0 bridgehead atoms. The summed E-state index contributed by atoms with van der Waals surface area (Å²) in [7, 11) is 0. The number of hydrogen-bond acceptors (Lipinski definition) is 8. The molecule has 2 N–H and O–H groups in total. The Balaban J connectivity index is 1.38. The van der Waals surface area contributed by atoms with E-state index in [4.69, 9.17) is 4.74 Å². The lowest BCUT2D eigenvalue weighted by atomic mass is 10.3. The van der Waals surface area contributed by atoms with Crippen molar-refractivity contribution in [2.24, 2.45) is 0 Å². The molecule has 1 unspecified atom stereocenters. The van der Waals surface area contributed by atoms with Crippen LogP contribution in [-0.2, 0) is 11.3 Å². The highest BCUT2D eigenvalue weighted by Crippen LogP contribution is 2.28. The summed E-state index contributed by atoms with van der Waals surface area (Å²) in [6.07, 6.45) is -0.524. The second-order valence-electron chi connectivity index (χ2n) is 4.92. The summed E-state index contributed by atoms with van der Waals surface area (Å²) >= 11 is 4.61. The number of para-hydroxylation sites is 1. The van der Waals surface area contributed by atoms with Crippen LogP contribution in [0, 0.1) is 0 Å². The Morgan fingerprint density at radius 1 is 1.17 bits per heavy atom. The average Bonchev–Trinajstić information content (AvgIpc) is 3.26. The smallest absolute Gasteiger partial charge is 0.210 e. The number of aliphatic hydroxyl groups is 1. The minimum atomic E-state index is -0.524. The van der Waals surface area contributed by atoms with Crippen LogP contribution in [0.3, 0.4) is 0 Å². The Morgan fingerprint density at radius 2 is 2.04 bits per heavy atom. The fraction of sp³-hybridized carbons (Fsp3) is 0.250. The van der Waals surface area contributed by atoms with Crippen LogP contribution in [0.25, 0.3) is 0 Å². The van der Waals surface area contributed by atoms with Crippen molar-refractivity contribution in [1.29, 1.82) is 0 Å². The summed E-state index contributed by atoms with van der Waals surface area (Å²) in [5, 5.41) is 24.2. The van der Waals surface area contributed by atoms with Crippen molar-refractivity contribution >= 4 is 45.3 Å². The zero-order chi connectivity index (χ0) is 16.6. The molecule has 1 atom stereocenters. The Hall–Kier alpha value is -1.45. The van der Waals surface area contributed by atoms with Crippen molar-refractivity contribution in [3.63, 3.8) is 0 Å². The molecule has 3 rings (SSSR count). The normalized spacial score (nSPS) is 12.2. The Kier molecular flexibility index (Phi) is 6.62. The van der Waals surface area contributed by atoms with E-state index in [1.54, 1.807) is 11.3 Å². The predicted molar refractivity (Wildman–Crippen MR) is 100 cm³/mol. The molecule has 0 aliphatic carbocycles. The van der Waals surface area contributed by atoms with Crippen LogP contribution in [0.1, 0.15) is 4.88 Å². The van der Waals surface area contributed by atoms with Gasteiger partial charge in [-0.3, -0.25) is 0 Å². The molecule has 2 aromatic heterocycles. The molecule has 8 heteroatoms. The topological polar surface area (TPSA) is 67.3 Å². The summed E-state index contributed by atoms with van der Waals surface area (Å²) in [6.45, 7) is 0.863. The van der Waals surface area contributed by atoms with Gasteiger partial charge in [-0.05, 0) is 23.6 Å². The van der Waals surface area contributed by atoms with Gasteiger partial charge in [0, 0.05) is 16.3 Å². The summed E-state index contributed by atoms with van der Waals surface area (Å²) in [5.74, 6) is 0.532. The third-order valence-electron chi connectivity index (χ3n) is 2.97. The van der Waals surface area contributed by atoms with E-state index in [0.717, 1.165) is 20.0 Å². The Morgan fingerprint density at radius 3 is 2.83 bits per heavy atom. The minimum Gasteiger partial charge on any atom is -0.390 e. The highest BCUT2D eigenvalue weighted by atomic mass is 32.2. The highest BCUT2D eigenvalue weighted by molar-refractivity contribution is 8.01. The van der Waals surface area contributed by atoms with Gasteiger partial charge in [0.05, 0.1) is 19.3 Å². The number of rotatable bonds is 9. The number of thiophene rings is 1. The third-order valence-corrected chi connectivity index (χ3v) is 5.93. The van der Waals surface area contributed by atoms with Crippen molar-refractivity contribution < 1.29 is 9.84 Å². The number of aliphatic hydroxyl groups excluding tert-OH is 1. The van der Waals surface area contributed by atoms with Gasteiger partial charge in [0.2, 0.25) is 5.13 Å². The first-order valence-electron chi connectivity index (χ1n) is 7.36. The largest absolute Gasteiger partial charge is 0.390 e. The summed E-state index contributed by atoms with van der Waals surface area (Å²) in [5.41, 5.74) is 0.979. The van der Waals surface area contributed by atoms with Gasteiger partial charge in [-0.2, -0.15) is 0 Å². The van der Waals surface area contributed by atoms with E-state index >= 15 is 0 Å². The molecule has 5 nitrogen and oxygen atoms in total. The van der Waals surface area contributed by atoms with E-state index in [9.17, 15) is 5.11 Å². The SMILES string of the molecule is OC(COCc1cccs1)CSc1nnc(Nc2ccccc2)s1. The van der Waals surface area contributed by atoms with E-state index in [-0.39, 0.29) is 0 Å². The molecular formula is C16H17N3O2S3. The second kappa shape index (κ2) is 9.14. The molecule has 24 heavy (non-hydrogen) atoms. The first-order valence-corrected chi connectivity index (χ1v) is 10.0. The lowest BCUT2D eigenvalue weighted by Gasteiger charge is -2.09. The number of anilines is 2. The molecule has 0 aliphatic rings. The third kappa shape index (κ3) is 5.57. The Labute approximate surface area is 152 Å². The maximum Gasteiger partial charge on any atom is 0.210 e. The number of ether oxygens (including phenoxy) is 1. The van der Waals surface area contributed by atoms with Gasteiger partial charge in [-0.15, -0.1) is 21.5 Å². The van der Waals surface area contributed by atoms with Crippen molar-refractivity contribution in [2.75, 3.05) is 17.7 Å². The monoisotopic (exact) mass is 379 g/mol. The van der Waals surface area contributed by atoms with Gasteiger partial charge in [0.1, 0.15) is 0 Å². The molecular weight excluding hydrogens is 362 g/mol. The molecule has 0 spiro atoms. The van der Waals surface area contributed by atoms with Crippen molar-refractivity contribution in [3.8, 4) is 0 Å². The number of nitrogens with zero attached hydrogens (tertiary/aromatic N) is 2. The number of hydrogen-bond donors (Lipinski definition) is 2. The quantitative estimate of drug-likeness (QED) is 0.548. The minimum absolute atomic E-state index is 0.318. The van der Waals surface area contributed by atoms with Crippen molar-refractivity contribution in [2.45, 2.75) is 17.1 Å². The molecule has 0 aliphatic heterocycles. The average molecular weight is 380 g/mol. The first kappa shape index (κ1) is 17.4. The van der Waals surface area contributed by atoms with Gasteiger partial charge in [-0.25, -0.2) is 0 Å². The number of thioether (sulfide) groups is 1. The standard InChI is InChI=1S/C16H17N3O2S3/c20-13(9-21-10-14-7-4-8-22-14)11-23-16-19-18-15(24-16)17-12-5-2-1-3-6-12/h1-8,13,20H,9-11H2,(H,17,18). The maximum absolute atomic E-state index is 9.98. The second-order valence-corrected chi connectivity index (χ2v) is 8.20. The van der Waals surface area contributed by atoms with Crippen LogP contribution in [0.15, 0.2) is 52.2 Å². The van der Waals surface area contributed by atoms with Gasteiger partial charge in [0.25, 0.3) is 0 Å². The predicted octanol–water partition coefficient (Wildman–Crippen LogP) is 4.01. The lowest BCUT2D eigenvalue weighted by Crippen LogP contribution is -2.17. The fourth-order valence-corrected chi connectivity index (χ4v) is 4.21. The lowest BCUT2D eigenvalue weighted by molar-refractivity contribution is 0.0409. The van der Waals surface area contributed by atoms with E-state index < -0.39 is 6.10 Å². The molecule has 1 aromatic carbocycles. The van der Waals surface area contributed by atoms with Gasteiger partial charge >= 0.3 is 0 Å². The zero-order valence-electron chi connectivity index (χ0n) is 12.8. The molecule has 0 radical (unpaired) electrons. The van der Waals surface area contributed by atoms with Crippen molar-refractivity contribution in [3.05, 3.63) is 52.7 Å². The Bertz CT molecular complexity index is 719. The maximum atomic E-state index is 9.98. The molecule has 126 valence electrons. The fourth-order valence-electron chi connectivity index (χ4n) is 1.87. The molecule has 3 aromatic rings. The summed E-state index contributed by atoms with van der Waals surface area (Å²) in [6, 6.07) is 13.9. The molecule has 0 amide bonds. The summed E-state index contributed by atoms with van der Waals surface area (Å²) < 4.78 is 6.34. The number of benzene rings is 1. The summed E-state index contributed by atoms with van der Waals surface area (Å²) in [4.78, 5) is 1.16. The van der Waals surface area contributed by atoms with Crippen LogP contribution in [-0.4, -0.2) is 33.8 Å². The van der Waals surface area contributed by atoms with E-state index in [1.165, 1.54) is 23.1 Å². The van der Waals surface area contributed by atoms with E-state index in [1.807, 2.05) is 47.8 Å². The molecule has 0 fully saturated rings. The van der Waals surface area contributed by atoms with Crippen LogP contribution in [0.4, 0.5) is 10.8 Å². The molecule has 0 saturated heterocycles. The van der Waals surface area contributed by atoms with Crippen LogP contribution in [0.2, 0.25) is 0 Å². The van der Waals surface area contributed by atoms with Gasteiger partial charge in [-0.1, -0.05) is 47.4 Å². The highest BCUT2D eigenvalue weighted by Gasteiger charge is 2.10. The molecule has 2 heterocycles. The number of aromatic nitrogens is 2. The van der Waals surface area contributed by atoms with Crippen LogP contribution in [0.5, 0.6) is 0 Å². The zero-order valence-corrected chi connectivity index (χ0v) is 15.2. The van der Waals surface area contributed by atoms with Gasteiger partial charge in [0.15, 0.2) is 4.34 Å². The first-order chi connectivity index (χ1) is 11.8. The van der Waals surface area contributed by atoms with Crippen LogP contribution >= 0.6 is 34.4 Å². The number of nitrogens with one attached hydrogen (secondary N) is 1. The van der Waals surface area contributed by atoms with Gasteiger partial charge < -0.3 is 15.2 Å².